The molecule has 0 unspecified atom stereocenters. The molecule has 0 amide bonds. The highest BCUT2D eigenvalue weighted by molar-refractivity contribution is 9.10. The smallest absolute Gasteiger partial charge is 0.436 e. The Bertz CT molecular complexity index is 700. The van der Waals surface area contributed by atoms with Crippen molar-refractivity contribution >= 4 is 33.5 Å². The molecule has 1 heterocycles. The van der Waals surface area contributed by atoms with Crippen LogP contribution < -0.4 is 0 Å². The van der Waals surface area contributed by atoms with Crippen molar-refractivity contribution in [2.75, 3.05) is 0 Å². The molecule has 0 aliphatic carbocycles. The highest BCUT2D eigenvalue weighted by Gasteiger charge is 2.41. The second kappa shape index (κ2) is 5.69. The molecule has 0 aliphatic rings. The number of alkyl halides is 3. The van der Waals surface area contributed by atoms with Crippen LogP contribution in [0.3, 0.4) is 0 Å². The zero-order chi connectivity index (χ0) is 15.8. The van der Waals surface area contributed by atoms with E-state index in [4.69, 9.17) is 16.7 Å². The molecule has 0 atom stereocenters. The second-order valence-corrected chi connectivity index (χ2v) is 5.38. The Morgan fingerprint density at radius 3 is 2.57 bits per heavy atom. The Balaban J connectivity index is 2.48. The number of carboxylic acids is 1. The molecule has 0 saturated heterocycles. The van der Waals surface area contributed by atoms with Crippen molar-refractivity contribution in [3.63, 3.8) is 0 Å². The van der Waals surface area contributed by atoms with E-state index < -0.39 is 28.6 Å². The van der Waals surface area contributed by atoms with Gasteiger partial charge in [-0.2, -0.15) is 18.3 Å². The number of halogens is 5. The Morgan fingerprint density at radius 1 is 1.43 bits per heavy atom. The SMILES string of the molecule is O=C(O)c1c(C(F)(F)F)nn(Cc2cccc(Br)c2)c1Cl. The first-order valence-electron chi connectivity index (χ1n) is 5.51. The van der Waals surface area contributed by atoms with Gasteiger partial charge in [-0.15, -0.1) is 0 Å². The summed E-state index contributed by atoms with van der Waals surface area (Å²) in [5, 5.41) is 11.6. The van der Waals surface area contributed by atoms with Gasteiger partial charge < -0.3 is 5.11 Å². The Labute approximate surface area is 130 Å². The molecule has 2 aromatic rings. The minimum Gasteiger partial charge on any atom is -0.478 e. The van der Waals surface area contributed by atoms with Gasteiger partial charge >= 0.3 is 12.1 Å². The van der Waals surface area contributed by atoms with Gasteiger partial charge in [-0.25, -0.2) is 9.48 Å². The maximum atomic E-state index is 12.8. The van der Waals surface area contributed by atoms with Gasteiger partial charge in [0.15, 0.2) is 5.69 Å². The third-order valence-corrected chi connectivity index (χ3v) is 3.47. The summed E-state index contributed by atoms with van der Waals surface area (Å²) in [5.41, 5.74) is -1.92. The van der Waals surface area contributed by atoms with E-state index in [2.05, 4.69) is 21.0 Å². The summed E-state index contributed by atoms with van der Waals surface area (Å²) in [4.78, 5) is 11.0. The Kier molecular flexibility index (Phi) is 4.29. The number of carbonyl (C=O) groups is 1. The number of aromatic nitrogens is 2. The third-order valence-electron chi connectivity index (χ3n) is 2.59. The quantitative estimate of drug-likeness (QED) is 0.869. The van der Waals surface area contributed by atoms with Crippen LogP contribution in [0.2, 0.25) is 5.15 Å². The summed E-state index contributed by atoms with van der Waals surface area (Å²) in [7, 11) is 0. The minimum atomic E-state index is -4.89. The van der Waals surface area contributed by atoms with E-state index in [0.717, 1.165) is 9.15 Å². The van der Waals surface area contributed by atoms with Crippen molar-refractivity contribution in [3.05, 3.63) is 50.7 Å². The first kappa shape index (κ1) is 15.8. The van der Waals surface area contributed by atoms with Crippen LogP contribution >= 0.6 is 27.5 Å². The first-order valence-corrected chi connectivity index (χ1v) is 6.68. The molecule has 4 nitrogen and oxygen atoms in total. The van der Waals surface area contributed by atoms with Crippen molar-refractivity contribution < 1.29 is 23.1 Å². The van der Waals surface area contributed by atoms with Crippen LogP contribution in [0.15, 0.2) is 28.7 Å². The molecule has 1 N–H and O–H groups in total. The highest BCUT2D eigenvalue weighted by atomic mass is 79.9. The molecule has 0 spiro atoms. The van der Waals surface area contributed by atoms with E-state index in [9.17, 15) is 18.0 Å². The lowest BCUT2D eigenvalue weighted by Gasteiger charge is -2.04. The normalized spacial score (nSPS) is 11.7. The third kappa shape index (κ3) is 3.38. The Morgan fingerprint density at radius 2 is 2.10 bits per heavy atom. The summed E-state index contributed by atoms with van der Waals surface area (Å²) >= 11 is 8.96. The number of hydrogen-bond donors (Lipinski definition) is 1. The van der Waals surface area contributed by atoms with Gasteiger partial charge in [0.2, 0.25) is 0 Å². The van der Waals surface area contributed by atoms with Gasteiger partial charge in [0, 0.05) is 4.47 Å². The largest absolute Gasteiger partial charge is 0.478 e. The average Bonchev–Trinajstić information content (AvgIpc) is 2.67. The predicted molar refractivity (Wildman–Crippen MR) is 72.4 cm³/mol. The molecular formula is C12H7BrClF3N2O2. The minimum absolute atomic E-state index is 0.0748. The molecule has 0 saturated carbocycles. The van der Waals surface area contributed by atoms with E-state index in [0.29, 0.717) is 5.56 Å². The van der Waals surface area contributed by atoms with Crippen LogP contribution in [0.5, 0.6) is 0 Å². The van der Waals surface area contributed by atoms with E-state index >= 15 is 0 Å². The van der Waals surface area contributed by atoms with Gasteiger partial charge in [-0.3, -0.25) is 0 Å². The summed E-state index contributed by atoms with van der Waals surface area (Å²) in [6.07, 6.45) is -4.89. The van der Waals surface area contributed by atoms with Crippen LogP contribution in [-0.4, -0.2) is 20.9 Å². The van der Waals surface area contributed by atoms with Gasteiger partial charge in [-0.05, 0) is 17.7 Å². The first-order chi connectivity index (χ1) is 9.70. The molecule has 112 valence electrons. The fourth-order valence-corrected chi connectivity index (χ4v) is 2.46. The number of rotatable bonds is 3. The number of hydrogen-bond acceptors (Lipinski definition) is 2. The fourth-order valence-electron chi connectivity index (χ4n) is 1.74. The van der Waals surface area contributed by atoms with E-state index in [-0.39, 0.29) is 6.54 Å². The molecule has 0 aliphatic heterocycles. The van der Waals surface area contributed by atoms with Crippen LogP contribution in [0, 0.1) is 0 Å². The van der Waals surface area contributed by atoms with Crippen molar-refractivity contribution in [2.45, 2.75) is 12.7 Å². The number of nitrogens with zero attached hydrogens (tertiary/aromatic N) is 2. The lowest BCUT2D eigenvalue weighted by Crippen LogP contribution is -2.12. The molecule has 9 heteroatoms. The fraction of sp³-hybridized carbons (Fsp3) is 0.167. The van der Waals surface area contributed by atoms with Gasteiger partial charge in [0.1, 0.15) is 10.7 Å². The summed E-state index contributed by atoms with van der Waals surface area (Å²) in [6, 6.07) is 6.78. The maximum absolute atomic E-state index is 12.8. The molecule has 1 aromatic carbocycles. The van der Waals surface area contributed by atoms with Crippen molar-refractivity contribution in [1.29, 1.82) is 0 Å². The van der Waals surface area contributed by atoms with Crippen LogP contribution in [-0.2, 0) is 12.7 Å². The van der Waals surface area contributed by atoms with Crippen molar-refractivity contribution in [2.24, 2.45) is 0 Å². The Hall–Kier alpha value is -1.54. The summed E-state index contributed by atoms with van der Waals surface area (Å²) in [6.45, 7) is -0.0748. The van der Waals surface area contributed by atoms with Crippen molar-refractivity contribution in [3.8, 4) is 0 Å². The molecule has 1 aromatic heterocycles. The topological polar surface area (TPSA) is 55.1 Å². The predicted octanol–water partition coefficient (Wildman–Crippen LogP) is 4.06. The number of aromatic carboxylic acids is 1. The second-order valence-electron chi connectivity index (χ2n) is 4.10. The number of benzene rings is 1. The number of carboxylic acid groups (broad SMARTS) is 1. The molecule has 21 heavy (non-hydrogen) atoms. The van der Waals surface area contributed by atoms with Crippen LogP contribution in [0.4, 0.5) is 13.2 Å². The standard InChI is InChI=1S/C12H7BrClF3N2O2/c13-7-3-1-2-6(4-7)5-19-10(14)8(11(20)21)9(18-19)12(15,16)17/h1-4H,5H2,(H,20,21). The summed E-state index contributed by atoms with van der Waals surface area (Å²) < 4.78 is 39.9. The molecule has 0 fully saturated rings. The van der Waals surface area contributed by atoms with E-state index in [1.165, 1.54) is 0 Å². The molecular weight excluding hydrogens is 376 g/mol. The van der Waals surface area contributed by atoms with Crippen LogP contribution in [0.25, 0.3) is 0 Å². The lowest BCUT2D eigenvalue weighted by atomic mass is 10.2. The van der Waals surface area contributed by atoms with Crippen molar-refractivity contribution in [1.82, 2.24) is 9.78 Å². The molecule has 2 rings (SSSR count). The van der Waals surface area contributed by atoms with Gasteiger partial charge in [0.05, 0.1) is 6.54 Å². The zero-order valence-electron chi connectivity index (χ0n) is 10.2. The van der Waals surface area contributed by atoms with Gasteiger partial charge in [0.25, 0.3) is 0 Å². The average molecular weight is 384 g/mol. The highest BCUT2D eigenvalue weighted by Crippen LogP contribution is 2.34. The maximum Gasteiger partial charge on any atom is 0.436 e. The van der Waals surface area contributed by atoms with E-state index in [1.807, 2.05) is 0 Å². The zero-order valence-corrected chi connectivity index (χ0v) is 12.5. The van der Waals surface area contributed by atoms with Gasteiger partial charge in [-0.1, -0.05) is 39.7 Å². The van der Waals surface area contributed by atoms with Crippen LogP contribution in [0.1, 0.15) is 21.6 Å². The molecule has 0 bridgehead atoms. The van der Waals surface area contributed by atoms with E-state index in [1.54, 1.807) is 24.3 Å². The molecule has 0 radical (unpaired) electrons. The monoisotopic (exact) mass is 382 g/mol. The summed E-state index contributed by atoms with van der Waals surface area (Å²) in [5.74, 6) is -1.77. The lowest BCUT2D eigenvalue weighted by molar-refractivity contribution is -0.142.